The van der Waals surface area contributed by atoms with Gasteiger partial charge in [0.15, 0.2) is 0 Å². The van der Waals surface area contributed by atoms with E-state index in [-0.39, 0.29) is 0 Å². The molecule has 12 heavy (non-hydrogen) atoms. The minimum Gasteiger partial charge on any atom is -0.478 e. The molecule has 1 N–H and O–H groups in total. The minimum atomic E-state index is -0.897. The second-order valence-electron chi connectivity index (χ2n) is 2.72. The molecule has 0 aliphatic carbocycles. The molecule has 4 nitrogen and oxygen atoms in total. The van der Waals surface area contributed by atoms with Gasteiger partial charge in [-0.05, 0) is 6.42 Å². The van der Waals surface area contributed by atoms with Crippen LogP contribution in [0.15, 0.2) is 6.20 Å². The van der Waals surface area contributed by atoms with Crippen LogP contribution >= 0.6 is 0 Å². The molecule has 0 unspecified atom stereocenters. The van der Waals surface area contributed by atoms with E-state index in [1.54, 1.807) is 7.05 Å². The lowest BCUT2D eigenvalue weighted by Crippen LogP contribution is -1.99. The molecule has 0 fully saturated rings. The van der Waals surface area contributed by atoms with Crippen molar-refractivity contribution in [1.29, 1.82) is 0 Å². The molecular weight excluding hydrogens is 156 g/mol. The molecule has 0 radical (unpaired) electrons. The second-order valence-corrected chi connectivity index (χ2v) is 2.72. The van der Waals surface area contributed by atoms with Gasteiger partial charge in [-0.25, -0.2) is 4.79 Å². The van der Waals surface area contributed by atoms with E-state index in [0.29, 0.717) is 11.3 Å². The number of aromatic carboxylic acids is 1. The van der Waals surface area contributed by atoms with Crippen molar-refractivity contribution in [3.05, 3.63) is 17.5 Å². The van der Waals surface area contributed by atoms with Gasteiger partial charge in [-0.2, -0.15) is 5.10 Å². The van der Waals surface area contributed by atoms with Crippen LogP contribution in [0, 0.1) is 0 Å². The van der Waals surface area contributed by atoms with Crippen LogP contribution < -0.4 is 0 Å². The number of hydrogen-bond acceptors (Lipinski definition) is 2. The monoisotopic (exact) mass is 168 g/mol. The van der Waals surface area contributed by atoms with Gasteiger partial charge in [-0.15, -0.1) is 0 Å². The average molecular weight is 168 g/mol. The van der Waals surface area contributed by atoms with Crippen LogP contribution in [0.25, 0.3) is 0 Å². The lowest BCUT2D eigenvalue weighted by Gasteiger charge is -1.92. The molecule has 0 spiro atoms. The highest BCUT2D eigenvalue weighted by Gasteiger charge is 2.12. The number of carboxylic acids is 1. The van der Waals surface area contributed by atoms with Crippen LogP contribution in [-0.4, -0.2) is 20.9 Å². The number of nitrogens with zero attached hydrogens (tertiary/aromatic N) is 2. The predicted octanol–water partition coefficient (Wildman–Crippen LogP) is 1.07. The van der Waals surface area contributed by atoms with E-state index in [0.717, 1.165) is 12.8 Å². The third kappa shape index (κ3) is 1.64. The van der Waals surface area contributed by atoms with Crippen LogP contribution in [0.5, 0.6) is 0 Å². The van der Waals surface area contributed by atoms with E-state index in [1.807, 2.05) is 6.92 Å². The SMILES string of the molecule is CCCc1nn(C)cc1C(=O)O. The van der Waals surface area contributed by atoms with Gasteiger partial charge >= 0.3 is 5.97 Å². The Morgan fingerprint density at radius 1 is 1.75 bits per heavy atom. The lowest BCUT2D eigenvalue weighted by atomic mass is 10.2. The fraction of sp³-hybridized carbons (Fsp3) is 0.500. The average Bonchev–Trinajstić information content (AvgIpc) is 2.32. The molecule has 0 aliphatic heterocycles. The molecule has 1 heterocycles. The van der Waals surface area contributed by atoms with Crippen molar-refractivity contribution in [2.24, 2.45) is 7.05 Å². The molecule has 0 amide bonds. The van der Waals surface area contributed by atoms with E-state index in [1.165, 1.54) is 10.9 Å². The first-order valence-corrected chi connectivity index (χ1v) is 3.91. The quantitative estimate of drug-likeness (QED) is 0.734. The van der Waals surface area contributed by atoms with E-state index < -0.39 is 5.97 Å². The summed E-state index contributed by atoms with van der Waals surface area (Å²) in [5, 5.41) is 12.8. The van der Waals surface area contributed by atoms with Crippen molar-refractivity contribution in [3.63, 3.8) is 0 Å². The van der Waals surface area contributed by atoms with Crippen LogP contribution in [0.1, 0.15) is 29.4 Å². The summed E-state index contributed by atoms with van der Waals surface area (Å²) in [6, 6.07) is 0. The van der Waals surface area contributed by atoms with Crippen LogP contribution in [0.3, 0.4) is 0 Å². The molecule has 0 saturated heterocycles. The van der Waals surface area contributed by atoms with E-state index in [9.17, 15) is 4.79 Å². The molecule has 0 atom stereocenters. The highest BCUT2D eigenvalue weighted by atomic mass is 16.4. The summed E-state index contributed by atoms with van der Waals surface area (Å²) >= 11 is 0. The Bertz CT molecular complexity index is 291. The Hall–Kier alpha value is -1.32. The predicted molar refractivity (Wildman–Crippen MR) is 44.2 cm³/mol. The molecule has 1 rings (SSSR count). The Morgan fingerprint density at radius 2 is 2.42 bits per heavy atom. The van der Waals surface area contributed by atoms with Crippen molar-refractivity contribution in [2.75, 3.05) is 0 Å². The van der Waals surface area contributed by atoms with Crippen molar-refractivity contribution in [2.45, 2.75) is 19.8 Å². The molecule has 66 valence electrons. The number of aromatic nitrogens is 2. The number of carboxylic acid groups (broad SMARTS) is 1. The summed E-state index contributed by atoms with van der Waals surface area (Å²) in [7, 11) is 1.73. The maximum absolute atomic E-state index is 10.7. The standard InChI is InChI=1S/C8H12N2O2/c1-3-4-7-6(8(11)12)5-10(2)9-7/h5H,3-4H2,1-2H3,(H,11,12). The number of rotatable bonds is 3. The van der Waals surface area contributed by atoms with Crippen LogP contribution in [0.2, 0.25) is 0 Å². The second kappa shape index (κ2) is 3.38. The maximum Gasteiger partial charge on any atom is 0.339 e. The summed E-state index contributed by atoms with van der Waals surface area (Å²) in [5.41, 5.74) is 0.992. The van der Waals surface area contributed by atoms with E-state index in [4.69, 9.17) is 5.11 Å². The van der Waals surface area contributed by atoms with Gasteiger partial charge < -0.3 is 5.11 Å². The van der Waals surface area contributed by atoms with Gasteiger partial charge in [0.05, 0.1) is 5.69 Å². The molecule has 0 saturated carbocycles. The molecule has 4 heteroatoms. The van der Waals surface area contributed by atoms with Crippen molar-refractivity contribution < 1.29 is 9.90 Å². The Labute approximate surface area is 70.8 Å². The zero-order chi connectivity index (χ0) is 9.14. The van der Waals surface area contributed by atoms with Crippen LogP contribution in [0.4, 0.5) is 0 Å². The topological polar surface area (TPSA) is 55.1 Å². The third-order valence-electron chi connectivity index (χ3n) is 1.62. The minimum absolute atomic E-state index is 0.319. The highest BCUT2D eigenvalue weighted by molar-refractivity contribution is 5.88. The first-order valence-electron chi connectivity index (χ1n) is 3.91. The van der Waals surface area contributed by atoms with Gasteiger partial charge in [0.2, 0.25) is 0 Å². The molecule has 0 aromatic carbocycles. The molecule has 0 aliphatic rings. The fourth-order valence-electron chi connectivity index (χ4n) is 1.13. The van der Waals surface area contributed by atoms with Gasteiger partial charge in [-0.1, -0.05) is 13.3 Å². The molecule has 1 aromatic heterocycles. The zero-order valence-electron chi connectivity index (χ0n) is 7.24. The van der Waals surface area contributed by atoms with Crippen molar-refractivity contribution in [3.8, 4) is 0 Å². The Balaban J connectivity index is 2.99. The normalized spacial score (nSPS) is 10.2. The van der Waals surface area contributed by atoms with Crippen LogP contribution in [-0.2, 0) is 13.5 Å². The number of hydrogen-bond donors (Lipinski definition) is 1. The third-order valence-corrected chi connectivity index (χ3v) is 1.62. The summed E-state index contributed by atoms with van der Waals surface area (Å²) in [5.74, 6) is -0.897. The molecule has 1 aromatic rings. The molecule has 0 bridgehead atoms. The van der Waals surface area contributed by atoms with E-state index in [2.05, 4.69) is 5.10 Å². The van der Waals surface area contributed by atoms with Gasteiger partial charge in [0.25, 0.3) is 0 Å². The molecular formula is C8H12N2O2. The fourth-order valence-corrected chi connectivity index (χ4v) is 1.13. The number of aryl methyl sites for hydroxylation is 2. The van der Waals surface area contributed by atoms with Gasteiger partial charge in [0, 0.05) is 13.2 Å². The van der Waals surface area contributed by atoms with Gasteiger partial charge in [0.1, 0.15) is 5.56 Å². The zero-order valence-corrected chi connectivity index (χ0v) is 7.24. The summed E-state index contributed by atoms with van der Waals surface area (Å²) in [6.07, 6.45) is 3.17. The largest absolute Gasteiger partial charge is 0.478 e. The Kier molecular flexibility index (Phi) is 2.47. The first kappa shape index (κ1) is 8.77. The summed E-state index contributed by atoms with van der Waals surface area (Å²) < 4.78 is 1.54. The number of carbonyl (C=O) groups is 1. The van der Waals surface area contributed by atoms with Crippen molar-refractivity contribution in [1.82, 2.24) is 9.78 Å². The lowest BCUT2D eigenvalue weighted by molar-refractivity contribution is 0.0695. The summed E-state index contributed by atoms with van der Waals surface area (Å²) in [6.45, 7) is 2.00. The smallest absolute Gasteiger partial charge is 0.339 e. The summed E-state index contributed by atoms with van der Waals surface area (Å²) in [4.78, 5) is 10.7. The van der Waals surface area contributed by atoms with E-state index >= 15 is 0 Å². The Morgan fingerprint density at radius 3 is 2.92 bits per heavy atom. The first-order chi connectivity index (χ1) is 5.65. The maximum atomic E-state index is 10.7. The van der Waals surface area contributed by atoms with Crippen molar-refractivity contribution >= 4 is 5.97 Å². The van der Waals surface area contributed by atoms with Gasteiger partial charge in [-0.3, -0.25) is 4.68 Å². The highest BCUT2D eigenvalue weighted by Crippen LogP contribution is 2.08.